The van der Waals surface area contributed by atoms with Gasteiger partial charge in [-0.3, -0.25) is 20.0 Å². The van der Waals surface area contributed by atoms with Crippen molar-refractivity contribution in [1.29, 1.82) is 0 Å². The number of halogens is 1. The number of pyridine rings is 3. The second kappa shape index (κ2) is 12.6. The average molecular weight is 618 g/mol. The molecule has 10 nitrogen and oxygen atoms in total. The second-order valence-corrected chi connectivity index (χ2v) is 12.4. The van der Waals surface area contributed by atoms with Crippen molar-refractivity contribution in [1.82, 2.24) is 45.3 Å². The average Bonchev–Trinajstić information content (AvgIpc) is 3.85. The quantitative estimate of drug-likeness (QED) is 0.187. The van der Waals surface area contributed by atoms with Gasteiger partial charge in [-0.05, 0) is 106 Å². The molecule has 2 fully saturated rings. The highest BCUT2D eigenvalue weighted by atomic mass is 19.1. The predicted octanol–water partition coefficient (Wildman–Crippen LogP) is 5.78. The highest BCUT2D eigenvalue weighted by molar-refractivity contribution is 5.96. The molecule has 7 heterocycles. The van der Waals surface area contributed by atoms with Gasteiger partial charge in [0.2, 0.25) is 0 Å². The van der Waals surface area contributed by atoms with E-state index in [0.29, 0.717) is 46.5 Å². The molecule has 46 heavy (non-hydrogen) atoms. The van der Waals surface area contributed by atoms with Gasteiger partial charge in [-0.1, -0.05) is 0 Å². The van der Waals surface area contributed by atoms with Crippen LogP contribution in [0.3, 0.4) is 0 Å². The molecule has 6 aromatic rings. The lowest BCUT2D eigenvalue weighted by Crippen LogP contribution is -2.28. The fraction of sp³-hybridized carbons (Fsp3) is 0.343. The van der Waals surface area contributed by atoms with Gasteiger partial charge in [-0.15, -0.1) is 0 Å². The maximum Gasteiger partial charge on any atom is 0.178 e. The van der Waals surface area contributed by atoms with Gasteiger partial charge >= 0.3 is 0 Å². The van der Waals surface area contributed by atoms with E-state index in [0.717, 1.165) is 66.9 Å². The van der Waals surface area contributed by atoms with Gasteiger partial charge < -0.3 is 15.0 Å². The minimum absolute atomic E-state index is 0.356. The number of hydrogen-bond acceptors (Lipinski definition) is 8. The van der Waals surface area contributed by atoms with Crippen molar-refractivity contribution >= 4 is 22.1 Å². The lowest BCUT2D eigenvalue weighted by Gasteiger charge is -2.22. The molecule has 0 amide bonds. The molecule has 0 unspecified atom stereocenters. The van der Waals surface area contributed by atoms with Crippen molar-refractivity contribution in [3.05, 3.63) is 72.6 Å². The van der Waals surface area contributed by atoms with E-state index in [-0.39, 0.29) is 5.82 Å². The molecule has 2 aliphatic heterocycles. The number of fused-ring (bicyclic) bond motifs is 2. The van der Waals surface area contributed by atoms with Crippen LogP contribution in [0, 0.1) is 11.7 Å². The van der Waals surface area contributed by atoms with Crippen molar-refractivity contribution < 1.29 is 9.13 Å². The first-order valence-electron chi connectivity index (χ1n) is 16.2. The van der Waals surface area contributed by atoms with E-state index >= 15 is 0 Å². The number of H-pyrrole nitrogens is 2. The third kappa shape index (κ3) is 5.95. The van der Waals surface area contributed by atoms with Gasteiger partial charge in [0.15, 0.2) is 11.5 Å². The number of hydrogen-bond donors (Lipinski definition) is 3. The van der Waals surface area contributed by atoms with Crippen LogP contribution in [-0.2, 0) is 6.42 Å². The van der Waals surface area contributed by atoms with Crippen LogP contribution < -0.4 is 10.1 Å². The summed E-state index contributed by atoms with van der Waals surface area (Å²) in [4.78, 5) is 24.4. The molecular formula is C35H36FN9O. The number of imidazole rings is 1. The summed E-state index contributed by atoms with van der Waals surface area (Å²) in [6.45, 7) is 5.71. The number of rotatable bonds is 9. The normalized spacial score (nSPS) is 16.1. The zero-order chi connectivity index (χ0) is 30.9. The van der Waals surface area contributed by atoms with E-state index in [1.807, 2.05) is 30.6 Å². The molecule has 11 heteroatoms. The smallest absolute Gasteiger partial charge is 0.178 e. The summed E-state index contributed by atoms with van der Waals surface area (Å²) in [5, 5.41) is 12.0. The standard InChI is InChI=1S/C35H36FN9O/c36-26-15-24(16-27(17-26)46-12-11-45-9-1-2-10-45)28-5-8-39-34-32(28)41-35(42-34)33-29-18-30(40-21-31(29)43-44-33)25-14-23(19-38-20-25)13-22-3-6-37-7-4-22/h5,8,14-22,37H,1-4,6-7,9-13H2,(H,43,44)(H,39,41,42). The molecule has 234 valence electrons. The molecule has 0 saturated carbocycles. The Bertz CT molecular complexity index is 1990. The topological polar surface area (TPSA) is 121 Å². The lowest BCUT2D eigenvalue weighted by molar-refractivity contribution is 0.237. The van der Waals surface area contributed by atoms with Crippen molar-refractivity contribution in [2.45, 2.75) is 32.1 Å². The Morgan fingerprint density at radius 3 is 2.74 bits per heavy atom. The zero-order valence-electron chi connectivity index (χ0n) is 25.6. The predicted molar refractivity (Wildman–Crippen MR) is 176 cm³/mol. The van der Waals surface area contributed by atoms with Crippen LogP contribution >= 0.6 is 0 Å². The molecule has 5 aromatic heterocycles. The summed E-state index contributed by atoms with van der Waals surface area (Å²) >= 11 is 0. The van der Waals surface area contributed by atoms with E-state index < -0.39 is 0 Å². The molecule has 3 N–H and O–H groups in total. The number of aromatic amines is 2. The van der Waals surface area contributed by atoms with Crippen LogP contribution in [0.5, 0.6) is 5.75 Å². The first-order chi connectivity index (χ1) is 22.7. The van der Waals surface area contributed by atoms with Crippen LogP contribution in [0.15, 0.2) is 61.2 Å². The Morgan fingerprint density at radius 1 is 0.957 bits per heavy atom. The Kier molecular flexibility index (Phi) is 7.85. The maximum atomic E-state index is 14.8. The van der Waals surface area contributed by atoms with Gasteiger partial charge in [0.05, 0.1) is 22.9 Å². The van der Waals surface area contributed by atoms with E-state index in [4.69, 9.17) is 14.7 Å². The lowest BCUT2D eigenvalue weighted by atomic mass is 9.91. The van der Waals surface area contributed by atoms with Crippen LogP contribution in [-0.4, -0.2) is 79.3 Å². The third-order valence-electron chi connectivity index (χ3n) is 9.19. The Balaban J connectivity index is 1.08. The van der Waals surface area contributed by atoms with E-state index in [1.165, 1.54) is 43.4 Å². The van der Waals surface area contributed by atoms with Crippen molar-refractivity contribution in [2.24, 2.45) is 5.92 Å². The number of nitrogens with one attached hydrogen (secondary N) is 3. The molecule has 2 aliphatic rings. The minimum Gasteiger partial charge on any atom is -0.492 e. The molecule has 0 spiro atoms. The first kappa shape index (κ1) is 28.7. The SMILES string of the molecule is Fc1cc(OCCN2CCCC2)cc(-c2ccnc3nc(-c4n[nH]c5cnc(-c6cncc(CC7CCNCC7)c6)cc45)[nH]c23)c1. The summed E-state index contributed by atoms with van der Waals surface area (Å²) in [6.07, 6.45) is 13.2. The van der Waals surface area contributed by atoms with Gasteiger partial charge in [-0.25, -0.2) is 14.4 Å². The number of ether oxygens (including phenoxy) is 1. The van der Waals surface area contributed by atoms with Crippen LogP contribution in [0.1, 0.15) is 31.2 Å². The Hall–Kier alpha value is -4.74. The summed E-state index contributed by atoms with van der Waals surface area (Å²) in [5.41, 5.74) is 7.17. The number of piperidine rings is 1. The highest BCUT2D eigenvalue weighted by Crippen LogP contribution is 2.34. The summed E-state index contributed by atoms with van der Waals surface area (Å²) in [6, 6.07) is 10.9. The fourth-order valence-electron chi connectivity index (χ4n) is 6.78. The van der Waals surface area contributed by atoms with Crippen LogP contribution in [0.2, 0.25) is 0 Å². The molecule has 0 radical (unpaired) electrons. The molecular weight excluding hydrogens is 581 g/mol. The van der Waals surface area contributed by atoms with Crippen molar-refractivity contribution in [3.63, 3.8) is 0 Å². The van der Waals surface area contributed by atoms with E-state index in [2.05, 4.69) is 41.4 Å². The summed E-state index contributed by atoms with van der Waals surface area (Å²) < 4.78 is 20.8. The van der Waals surface area contributed by atoms with Gasteiger partial charge in [0, 0.05) is 47.7 Å². The first-order valence-corrected chi connectivity index (χ1v) is 16.2. The third-order valence-corrected chi connectivity index (χ3v) is 9.19. The van der Waals surface area contributed by atoms with E-state index in [9.17, 15) is 4.39 Å². The second-order valence-electron chi connectivity index (χ2n) is 12.4. The summed E-state index contributed by atoms with van der Waals surface area (Å²) in [5.74, 6) is 1.39. The molecule has 0 aliphatic carbocycles. The summed E-state index contributed by atoms with van der Waals surface area (Å²) in [7, 11) is 0. The van der Waals surface area contributed by atoms with Crippen molar-refractivity contribution in [2.75, 3.05) is 39.3 Å². The number of nitrogens with zero attached hydrogens (tertiary/aromatic N) is 6. The van der Waals surface area contributed by atoms with Crippen LogP contribution in [0.25, 0.3) is 56.0 Å². The monoisotopic (exact) mass is 617 g/mol. The van der Waals surface area contributed by atoms with E-state index in [1.54, 1.807) is 12.4 Å². The Morgan fingerprint density at radius 2 is 1.85 bits per heavy atom. The zero-order valence-corrected chi connectivity index (χ0v) is 25.6. The number of aromatic nitrogens is 7. The number of benzene rings is 1. The fourth-order valence-corrected chi connectivity index (χ4v) is 6.78. The van der Waals surface area contributed by atoms with Gasteiger partial charge in [0.25, 0.3) is 0 Å². The van der Waals surface area contributed by atoms with Crippen molar-refractivity contribution in [3.8, 4) is 39.7 Å². The van der Waals surface area contributed by atoms with Gasteiger partial charge in [-0.2, -0.15) is 5.10 Å². The molecule has 2 saturated heterocycles. The number of likely N-dealkylation sites (tertiary alicyclic amines) is 1. The molecule has 0 bridgehead atoms. The van der Waals surface area contributed by atoms with Crippen LogP contribution in [0.4, 0.5) is 4.39 Å². The maximum absolute atomic E-state index is 14.8. The molecule has 8 rings (SSSR count). The highest BCUT2D eigenvalue weighted by Gasteiger charge is 2.19. The molecule has 1 aromatic carbocycles. The largest absolute Gasteiger partial charge is 0.492 e. The van der Waals surface area contributed by atoms with Gasteiger partial charge in [0.1, 0.15) is 23.9 Å². The minimum atomic E-state index is -0.356. The molecule has 0 atom stereocenters. The Labute approximate surface area is 265 Å².